The zero-order valence-electron chi connectivity index (χ0n) is 14.2. The number of ether oxygens (including phenoxy) is 1. The van der Waals surface area contributed by atoms with E-state index < -0.39 is 27.7 Å². The molecule has 0 spiro atoms. The Balaban J connectivity index is 1.91. The zero-order chi connectivity index (χ0) is 19.4. The summed E-state index contributed by atoms with van der Waals surface area (Å²) in [6.45, 7) is 2.16. The third-order valence-electron chi connectivity index (χ3n) is 3.90. The molecule has 0 radical (unpaired) electrons. The van der Waals surface area contributed by atoms with Gasteiger partial charge in [0, 0.05) is 39.3 Å². The SMILES string of the molecule is CC(=O)OCCCS(=O)(=O)N1CCN(c2cncc(C(F)(F)F)c2)CC1. The molecule has 1 aromatic rings. The van der Waals surface area contributed by atoms with Crippen LogP contribution >= 0.6 is 0 Å². The molecular formula is C15H20F3N3O4S. The second kappa shape index (κ2) is 8.21. The van der Waals surface area contributed by atoms with Gasteiger partial charge in [0.25, 0.3) is 0 Å². The van der Waals surface area contributed by atoms with Crippen molar-refractivity contribution in [3.63, 3.8) is 0 Å². The number of hydrogen-bond donors (Lipinski definition) is 0. The van der Waals surface area contributed by atoms with Crippen LogP contribution in [0.3, 0.4) is 0 Å². The van der Waals surface area contributed by atoms with Crippen molar-refractivity contribution in [3.05, 3.63) is 24.0 Å². The van der Waals surface area contributed by atoms with Gasteiger partial charge in [0.2, 0.25) is 10.0 Å². The maximum absolute atomic E-state index is 12.8. The fourth-order valence-electron chi connectivity index (χ4n) is 2.57. The van der Waals surface area contributed by atoms with Gasteiger partial charge in [-0.1, -0.05) is 0 Å². The Hall–Kier alpha value is -1.88. The van der Waals surface area contributed by atoms with Gasteiger partial charge in [-0.25, -0.2) is 8.42 Å². The Bertz CT molecular complexity index is 732. The number of rotatable bonds is 6. The lowest BCUT2D eigenvalue weighted by Crippen LogP contribution is -2.49. The van der Waals surface area contributed by atoms with Gasteiger partial charge in [-0.3, -0.25) is 9.78 Å². The second-order valence-electron chi connectivity index (χ2n) is 5.83. The predicted octanol–water partition coefficient (Wildman–Crippen LogP) is 1.51. The molecule has 1 aliphatic rings. The Morgan fingerprint density at radius 3 is 2.46 bits per heavy atom. The summed E-state index contributed by atoms with van der Waals surface area (Å²) in [4.78, 5) is 16.0. The van der Waals surface area contributed by atoms with Crippen LogP contribution in [0.25, 0.3) is 0 Å². The van der Waals surface area contributed by atoms with E-state index in [1.807, 2.05) is 0 Å². The number of aromatic nitrogens is 1. The molecule has 7 nitrogen and oxygen atoms in total. The number of sulfonamides is 1. The number of hydrogen-bond acceptors (Lipinski definition) is 6. The summed E-state index contributed by atoms with van der Waals surface area (Å²) in [6, 6.07) is 1.01. The standard InChI is InChI=1S/C15H20F3N3O4S/c1-12(22)25-7-2-8-26(23,24)21-5-3-20(4-6-21)14-9-13(10-19-11-14)15(16,17)18/h9-11H,2-8H2,1H3. The topological polar surface area (TPSA) is 79.8 Å². The molecule has 0 atom stereocenters. The van der Waals surface area contributed by atoms with E-state index in [9.17, 15) is 26.4 Å². The van der Waals surface area contributed by atoms with Crippen LogP contribution in [-0.2, 0) is 25.7 Å². The van der Waals surface area contributed by atoms with E-state index in [1.54, 1.807) is 4.90 Å². The number of piperazine rings is 1. The fourth-order valence-corrected chi connectivity index (χ4v) is 4.03. The molecule has 1 saturated heterocycles. The molecule has 26 heavy (non-hydrogen) atoms. The quantitative estimate of drug-likeness (QED) is 0.537. The van der Waals surface area contributed by atoms with Crippen LogP contribution in [0, 0.1) is 0 Å². The Morgan fingerprint density at radius 1 is 1.23 bits per heavy atom. The van der Waals surface area contributed by atoms with E-state index in [0.717, 1.165) is 12.3 Å². The molecule has 0 aromatic carbocycles. The molecule has 0 amide bonds. The molecule has 0 aliphatic carbocycles. The van der Waals surface area contributed by atoms with Gasteiger partial charge in [0.05, 0.1) is 29.8 Å². The summed E-state index contributed by atoms with van der Waals surface area (Å²) in [5.41, 5.74) is -0.526. The highest BCUT2D eigenvalue weighted by Crippen LogP contribution is 2.31. The Kier molecular flexibility index (Phi) is 6.45. The van der Waals surface area contributed by atoms with E-state index in [2.05, 4.69) is 4.98 Å². The van der Waals surface area contributed by atoms with Gasteiger partial charge in [-0.2, -0.15) is 17.5 Å². The highest BCUT2D eigenvalue weighted by atomic mass is 32.2. The molecular weight excluding hydrogens is 375 g/mol. The smallest absolute Gasteiger partial charge is 0.417 e. The molecule has 2 heterocycles. The number of anilines is 1. The first kappa shape index (κ1) is 20.4. The molecule has 0 N–H and O–H groups in total. The average Bonchev–Trinajstić information content (AvgIpc) is 2.58. The van der Waals surface area contributed by atoms with Crippen LogP contribution in [0.15, 0.2) is 18.5 Å². The van der Waals surface area contributed by atoms with Gasteiger partial charge in [-0.05, 0) is 12.5 Å². The van der Waals surface area contributed by atoms with E-state index in [0.29, 0.717) is 5.69 Å². The fraction of sp³-hybridized carbons (Fsp3) is 0.600. The van der Waals surface area contributed by atoms with E-state index in [-0.39, 0.29) is 45.0 Å². The number of carbonyl (C=O) groups excluding carboxylic acids is 1. The summed E-state index contributed by atoms with van der Waals surface area (Å²) >= 11 is 0. The monoisotopic (exact) mass is 395 g/mol. The molecule has 1 aliphatic heterocycles. The molecule has 1 fully saturated rings. The average molecular weight is 395 g/mol. The number of carbonyl (C=O) groups is 1. The minimum Gasteiger partial charge on any atom is -0.466 e. The van der Waals surface area contributed by atoms with Crippen molar-refractivity contribution in [1.82, 2.24) is 9.29 Å². The van der Waals surface area contributed by atoms with Crippen LogP contribution in [0.4, 0.5) is 18.9 Å². The van der Waals surface area contributed by atoms with Gasteiger partial charge >= 0.3 is 12.1 Å². The molecule has 146 valence electrons. The van der Waals surface area contributed by atoms with Gasteiger partial charge in [0.1, 0.15) is 0 Å². The molecule has 2 rings (SSSR count). The predicted molar refractivity (Wildman–Crippen MR) is 88.1 cm³/mol. The summed E-state index contributed by atoms with van der Waals surface area (Å²) < 4.78 is 68.9. The van der Waals surface area contributed by atoms with Crippen LogP contribution in [-0.4, -0.2) is 62.2 Å². The van der Waals surface area contributed by atoms with Gasteiger partial charge in [0.15, 0.2) is 0 Å². The normalized spacial score (nSPS) is 16.5. The second-order valence-corrected chi connectivity index (χ2v) is 7.91. The van der Waals surface area contributed by atoms with E-state index >= 15 is 0 Å². The number of alkyl halides is 3. The largest absolute Gasteiger partial charge is 0.466 e. The van der Waals surface area contributed by atoms with Crippen LogP contribution < -0.4 is 4.90 Å². The zero-order valence-corrected chi connectivity index (χ0v) is 15.0. The lowest BCUT2D eigenvalue weighted by Gasteiger charge is -2.35. The van der Waals surface area contributed by atoms with Crippen molar-refractivity contribution in [1.29, 1.82) is 0 Å². The van der Waals surface area contributed by atoms with Crippen molar-refractivity contribution in [2.24, 2.45) is 0 Å². The summed E-state index contributed by atoms with van der Waals surface area (Å²) in [6.07, 6.45) is -2.19. The van der Waals surface area contributed by atoms with Crippen LogP contribution in [0.5, 0.6) is 0 Å². The molecule has 0 saturated carbocycles. The summed E-state index contributed by atoms with van der Waals surface area (Å²) in [5.74, 6) is -0.614. The van der Waals surface area contributed by atoms with Crippen molar-refractivity contribution in [2.75, 3.05) is 43.4 Å². The highest BCUT2D eigenvalue weighted by Gasteiger charge is 2.32. The number of nitrogens with zero attached hydrogens (tertiary/aromatic N) is 3. The van der Waals surface area contributed by atoms with Gasteiger partial charge in [-0.15, -0.1) is 0 Å². The number of halogens is 3. The minimum absolute atomic E-state index is 0.0322. The van der Waals surface area contributed by atoms with Crippen molar-refractivity contribution in [2.45, 2.75) is 19.5 Å². The lowest BCUT2D eigenvalue weighted by molar-refractivity contribution is -0.141. The highest BCUT2D eigenvalue weighted by molar-refractivity contribution is 7.89. The molecule has 11 heteroatoms. The molecule has 0 bridgehead atoms. The van der Waals surface area contributed by atoms with Crippen molar-refractivity contribution in [3.8, 4) is 0 Å². The Labute approximate surface area is 149 Å². The third-order valence-corrected chi connectivity index (χ3v) is 5.86. The minimum atomic E-state index is -4.48. The van der Waals surface area contributed by atoms with Crippen molar-refractivity contribution >= 4 is 21.7 Å². The molecule has 1 aromatic heterocycles. The summed E-state index contributed by atoms with van der Waals surface area (Å²) in [5, 5.41) is 0. The molecule has 0 unspecified atom stereocenters. The number of esters is 1. The Morgan fingerprint density at radius 2 is 1.88 bits per heavy atom. The first-order chi connectivity index (χ1) is 12.1. The third kappa shape index (κ3) is 5.56. The summed E-state index contributed by atoms with van der Waals surface area (Å²) in [7, 11) is -3.50. The first-order valence-corrected chi connectivity index (χ1v) is 9.59. The first-order valence-electron chi connectivity index (χ1n) is 7.98. The van der Waals surface area contributed by atoms with E-state index in [4.69, 9.17) is 4.74 Å². The maximum atomic E-state index is 12.8. The number of pyridine rings is 1. The van der Waals surface area contributed by atoms with Crippen LogP contribution in [0.1, 0.15) is 18.9 Å². The lowest BCUT2D eigenvalue weighted by atomic mass is 10.2. The van der Waals surface area contributed by atoms with Crippen molar-refractivity contribution < 1.29 is 31.1 Å². The maximum Gasteiger partial charge on any atom is 0.417 e. The van der Waals surface area contributed by atoms with E-state index in [1.165, 1.54) is 17.4 Å². The van der Waals surface area contributed by atoms with Gasteiger partial charge < -0.3 is 9.64 Å². The van der Waals surface area contributed by atoms with Crippen LogP contribution in [0.2, 0.25) is 0 Å².